The van der Waals surface area contributed by atoms with Gasteiger partial charge in [0.2, 0.25) is 0 Å². The summed E-state index contributed by atoms with van der Waals surface area (Å²) < 4.78 is 0. The summed E-state index contributed by atoms with van der Waals surface area (Å²) >= 11 is 0. The van der Waals surface area contributed by atoms with Crippen LogP contribution in [0.3, 0.4) is 0 Å². The van der Waals surface area contributed by atoms with E-state index in [0.29, 0.717) is 0 Å². The molecule has 0 aliphatic carbocycles. The lowest BCUT2D eigenvalue weighted by Crippen LogP contribution is -2.27. The molecule has 0 radical (unpaired) electrons. The van der Waals surface area contributed by atoms with E-state index >= 15 is 0 Å². The van der Waals surface area contributed by atoms with Crippen LogP contribution < -0.4 is 0 Å². The minimum Gasteiger partial charge on any atom is -0.302 e. The average Bonchev–Trinajstić information content (AvgIpc) is 2.15. The molecule has 0 aliphatic rings. The molecule has 0 atom stereocenters. The van der Waals surface area contributed by atoms with Crippen LogP contribution in [0.1, 0.15) is 40.0 Å². The second-order valence-electron chi connectivity index (χ2n) is 4.96. The first-order chi connectivity index (χ1) is 7.41. The Labute approximate surface area is 102 Å². The summed E-state index contributed by atoms with van der Waals surface area (Å²) in [6.07, 6.45) is 3.27. The average molecular weight is 221 g/mol. The van der Waals surface area contributed by atoms with Crippen LogP contribution in [0.4, 0.5) is 0 Å². The van der Waals surface area contributed by atoms with Gasteiger partial charge in [-0.15, -0.1) is 19.7 Å². The van der Waals surface area contributed by atoms with Crippen molar-refractivity contribution in [3.8, 4) is 0 Å². The largest absolute Gasteiger partial charge is 0.302 e. The van der Waals surface area contributed by atoms with Crippen molar-refractivity contribution in [3.05, 3.63) is 36.5 Å². The molecule has 0 fully saturated rings. The van der Waals surface area contributed by atoms with E-state index in [2.05, 4.69) is 45.4 Å². The Balaban J connectivity index is 3.98. The predicted molar refractivity (Wildman–Crippen MR) is 74.7 cm³/mol. The molecule has 1 nitrogen and oxygen atoms in total. The zero-order valence-corrected chi connectivity index (χ0v) is 11.3. The molecule has 0 saturated heterocycles. The third-order valence-electron chi connectivity index (χ3n) is 2.56. The summed E-state index contributed by atoms with van der Waals surface area (Å²) in [5.41, 5.74) is 3.78. The van der Waals surface area contributed by atoms with Gasteiger partial charge in [0.05, 0.1) is 0 Å². The van der Waals surface area contributed by atoms with Crippen molar-refractivity contribution in [2.24, 2.45) is 0 Å². The van der Waals surface area contributed by atoms with Gasteiger partial charge in [-0.3, -0.25) is 0 Å². The van der Waals surface area contributed by atoms with E-state index < -0.39 is 0 Å². The maximum atomic E-state index is 3.96. The van der Waals surface area contributed by atoms with Crippen molar-refractivity contribution in [2.75, 3.05) is 19.6 Å². The summed E-state index contributed by atoms with van der Waals surface area (Å²) in [6, 6.07) is 0. The highest BCUT2D eigenvalue weighted by molar-refractivity contribution is 4.93. The summed E-state index contributed by atoms with van der Waals surface area (Å²) in [4.78, 5) is 2.48. The Bertz CT molecular complexity index is 207. The molecule has 0 amide bonds. The van der Waals surface area contributed by atoms with Crippen molar-refractivity contribution in [2.45, 2.75) is 40.0 Å². The van der Waals surface area contributed by atoms with Crippen LogP contribution >= 0.6 is 0 Å². The molecule has 0 aromatic heterocycles. The molecule has 0 bridgehead atoms. The summed E-state index contributed by atoms with van der Waals surface area (Å²) in [6.45, 7) is 21.5. The SMILES string of the molecule is C=C(C)CCN(CCC(=C)C)CCC(=C)C. The standard InChI is InChI=1S/C15H27N/c1-13(2)7-10-16(11-8-14(3)4)12-9-15(5)6/h1,3,5,7-12H2,2,4,6H3. The van der Waals surface area contributed by atoms with Gasteiger partial charge in [-0.1, -0.05) is 16.7 Å². The van der Waals surface area contributed by atoms with Gasteiger partial charge in [-0.25, -0.2) is 0 Å². The number of hydrogen-bond acceptors (Lipinski definition) is 1. The van der Waals surface area contributed by atoms with Crippen molar-refractivity contribution in [1.82, 2.24) is 4.90 Å². The summed E-state index contributed by atoms with van der Waals surface area (Å²) in [5.74, 6) is 0. The van der Waals surface area contributed by atoms with Crippen LogP contribution in [0.15, 0.2) is 36.5 Å². The fraction of sp³-hybridized carbons (Fsp3) is 0.600. The van der Waals surface area contributed by atoms with Crippen LogP contribution in [0.5, 0.6) is 0 Å². The second kappa shape index (κ2) is 8.35. The molecule has 0 heterocycles. The van der Waals surface area contributed by atoms with Crippen molar-refractivity contribution >= 4 is 0 Å². The first kappa shape index (κ1) is 15.2. The highest BCUT2D eigenvalue weighted by atomic mass is 15.1. The fourth-order valence-corrected chi connectivity index (χ4v) is 1.38. The second-order valence-corrected chi connectivity index (χ2v) is 4.96. The quantitative estimate of drug-likeness (QED) is 0.528. The van der Waals surface area contributed by atoms with E-state index in [0.717, 1.165) is 38.9 Å². The Morgan fingerprint density at radius 2 is 0.938 bits per heavy atom. The molecule has 0 aliphatic heterocycles. The highest BCUT2D eigenvalue weighted by Crippen LogP contribution is 2.06. The molecule has 16 heavy (non-hydrogen) atoms. The van der Waals surface area contributed by atoms with Gasteiger partial charge in [0.15, 0.2) is 0 Å². The van der Waals surface area contributed by atoms with Crippen molar-refractivity contribution in [1.29, 1.82) is 0 Å². The number of hydrogen-bond donors (Lipinski definition) is 0. The Morgan fingerprint density at radius 3 is 1.12 bits per heavy atom. The van der Waals surface area contributed by atoms with Gasteiger partial charge >= 0.3 is 0 Å². The molecular formula is C15H27N. The molecule has 0 aromatic rings. The minimum atomic E-state index is 1.09. The third-order valence-corrected chi connectivity index (χ3v) is 2.56. The van der Waals surface area contributed by atoms with E-state index in [1.54, 1.807) is 0 Å². The van der Waals surface area contributed by atoms with Gasteiger partial charge in [0.1, 0.15) is 0 Å². The molecule has 0 spiro atoms. The molecule has 0 saturated carbocycles. The van der Waals surface area contributed by atoms with E-state index in [4.69, 9.17) is 0 Å². The van der Waals surface area contributed by atoms with Crippen molar-refractivity contribution < 1.29 is 0 Å². The Morgan fingerprint density at radius 1 is 0.688 bits per heavy atom. The first-order valence-corrected chi connectivity index (χ1v) is 6.07. The van der Waals surface area contributed by atoms with Crippen molar-refractivity contribution in [3.63, 3.8) is 0 Å². The van der Waals surface area contributed by atoms with Gasteiger partial charge in [-0.05, 0) is 40.0 Å². The van der Waals surface area contributed by atoms with Gasteiger partial charge in [-0.2, -0.15) is 0 Å². The topological polar surface area (TPSA) is 3.24 Å². The first-order valence-electron chi connectivity index (χ1n) is 6.07. The van der Waals surface area contributed by atoms with Gasteiger partial charge in [0, 0.05) is 19.6 Å². The maximum absolute atomic E-state index is 3.96. The monoisotopic (exact) mass is 221 g/mol. The lowest BCUT2D eigenvalue weighted by Gasteiger charge is -2.22. The van der Waals surface area contributed by atoms with E-state index in [1.807, 2.05) is 0 Å². The Hall–Kier alpha value is -0.820. The summed E-state index contributed by atoms with van der Waals surface area (Å²) in [5, 5.41) is 0. The highest BCUT2D eigenvalue weighted by Gasteiger charge is 2.04. The lowest BCUT2D eigenvalue weighted by molar-refractivity contribution is 0.283. The van der Waals surface area contributed by atoms with Crippen LogP contribution in [0, 0.1) is 0 Å². The van der Waals surface area contributed by atoms with E-state index in [9.17, 15) is 0 Å². The lowest BCUT2D eigenvalue weighted by atomic mass is 10.1. The molecular weight excluding hydrogens is 194 g/mol. The zero-order valence-electron chi connectivity index (χ0n) is 11.3. The molecule has 92 valence electrons. The molecule has 0 aromatic carbocycles. The number of rotatable bonds is 9. The van der Waals surface area contributed by atoms with Crippen LogP contribution in [0.2, 0.25) is 0 Å². The molecule has 1 heteroatoms. The third kappa shape index (κ3) is 9.72. The molecule has 0 N–H and O–H groups in total. The smallest absolute Gasteiger partial charge is 0.00186 e. The molecule has 0 rings (SSSR count). The minimum absolute atomic E-state index is 1.09. The zero-order chi connectivity index (χ0) is 12.6. The maximum Gasteiger partial charge on any atom is 0.00186 e. The number of nitrogens with zero attached hydrogens (tertiary/aromatic N) is 1. The normalized spacial score (nSPS) is 10.5. The van der Waals surface area contributed by atoms with Crippen LogP contribution in [-0.4, -0.2) is 24.5 Å². The van der Waals surface area contributed by atoms with E-state index in [-0.39, 0.29) is 0 Å². The van der Waals surface area contributed by atoms with Gasteiger partial charge in [0.25, 0.3) is 0 Å². The fourth-order valence-electron chi connectivity index (χ4n) is 1.38. The molecule has 0 unspecified atom stereocenters. The predicted octanol–water partition coefficient (Wildman–Crippen LogP) is 4.19. The van der Waals surface area contributed by atoms with Crippen LogP contribution in [-0.2, 0) is 0 Å². The summed E-state index contributed by atoms with van der Waals surface area (Å²) in [7, 11) is 0. The van der Waals surface area contributed by atoms with Crippen LogP contribution in [0.25, 0.3) is 0 Å². The van der Waals surface area contributed by atoms with Gasteiger partial charge < -0.3 is 4.90 Å². The Kier molecular flexibility index (Phi) is 7.92. The van der Waals surface area contributed by atoms with E-state index in [1.165, 1.54) is 16.7 Å².